The summed E-state index contributed by atoms with van der Waals surface area (Å²) in [7, 11) is 0. The van der Waals surface area contributed by atoms with E-state index in [2.05, 4.69) is 13.8 Å². The molecule has 0 aromatic heterocycles. The number of hydrogen-bond donors (Lipinski definition) is 0. The first-order valence-corrected chi connectivity index (χ1v) is 6.92. The van der Waals surface area contributed by atoms with Gasteiger partial charge in [0.15, 0.2) is 6.10 Å². The van der Waals surface area contributed by atoms with Gasteiger partial charge in [0.25, 0.3) is 5.79 Å². The second kappa shape index (κ2) is 5.45. The Morgan fingerprint density at radius 2 is 1.89 bits per heavy atom. The largest absolute Gasteiger partial charge is 0.511 e. The van der Waals surface area contributed by atoms with Gasteiger partial charge in [-0.1, -0.05) is 33.6 Å². The second-order valence-corrected chi connectivity index (χ2v) is 4.99. The minimum atomic E-state index is -1.03. The van der Waals surface area contributed by atoms with Crippen LogP contribution in [0.1, 0.15) is 52.9 Å². The van der Waals surface area contributed by atoms with Gasteiger partial charge in [-0.3, -0.25) is 0 Å². The zero-order valence-corrected chi connectivity index (χ0v) is 11.3. The van der Waals surface area contributed by atoms with Crippen molar-refractivity contribution in [3.05, 3.63) is 0 Å². The van der Waals surface area contributed by atoms with E-state index in [0.29, 0.717) is 6.42 Å². The van der Waals surface area contributed by atoms with E-state index in [1.165, 1.54) is 0 Å². The highest BCUT2D eigenvalue weighted by Gasteiger charge is 2.64. The number of carbonyl (C=O) groups is 1. The lowest BCUT2D eigenvalue weighted by Crippen LogP contribution is -2.46. The zero-order valence-electron chi connectivity index (χ0n) is 11.3. The van der Waals surface area contributed by atoms with Crippen LogP contribution in [-0.2, 0) is 19.2 Å². The molecule has 0 bridgehead atoms. The molecule has 104 valence electrons. The molecule has 2 aliphatic rings. The molecular formula is C13H22O5. The Bertz CT molecular complexity index is 306. The highest BCUT2D eigenvalue weighted by Crippen LogP contribution is 2.47. The first-order valence-electron chi connectivity index (χ1n) is 6.92. The van der Waals surface area contributed by atoms with Gasteiger partial charge >= 0.3 is 6.16 Å². The standard InChI is InChI=1S/C13H22O5/c1-4-7-9-10(8-5-2)17-18-13(9)11(6-3)15-12(14)16-13/h9-11H,4-8H2,1-3H3. The molecule has 0 aliphatic carbocycles. The summed E-state index contributed by atoms with van der Waals surface area (Å²) in [5.41, 5.74) is 0. The fraction of sp³-hybridized carbons (Fsp3) is 0.923. The SMILES string of the molecule is CCCC1OOC2(OC(=O)OC2CC)C1CCC. The van der Waals surface area contributed by atoms with Gasteiger partial charge in [0.2, 0.25) is 0 Å². The first kappa shape index (κ1) is 13.6. The molecule has 5 nitrogen and oxygen atoms in total. The topological polar surface area (TPSA) is 54.0 Å². The molecule has 0 radical (unpaired) electrons. The maximum Gasteiger partial charge on any atom is 0.511 e. The Balaban J connectivity index is 2.21. The van der Waals surface area contributed by atoms with E-state index in [4.69, 9.17) is 19.2 Å². The van der Waals surface area contributed by atoms with Crippen molar-refractivity contribution in [2.24, 2.45) is 5.92 Å². The summed E-state index contributed by atoms with van der Waals surface area (Å²) in [4.78, 5) is 22.3. The number of carbonyl (C=O) groups excluding carboxylic acids is 1. The van der Waals surface area contributed by atoms with Gasteiger partial charge in [-0.15, -0.1) is 0 Å². The molecule has 0 N–H and O–H groups in total. The third-order valence-corrected chi connectivity index (χ3v) is 3.74. The van der Waals surface area contributed by atoms with E-state index >= 15 is 0 Å². The van der Waals surface area contributed by atoms with Gasteiger partial charge in [0.05, 0.1) is 5.92 Å². The summed E-state index contributed by atoms with van der Waals surface area (Å²) in [6, 6.07) is 0. The van der Waals surface area contributed by atoms with Gasteiger partial charge in [-0.05, 0) is 19.3 Å². The quantitative estimate of drug-likeness (QED) is 0.560. The van der Waals surface area contributed by atoms with Gasteiger partial charge in [-0.25, -0.2) is 9.68 Å². The number of rotatable bonds is 5. The maximum atomic E-state index is 11.4. The monoisotopic (exact) mass is 258 g/mol. The molecule has 2 rings (SSSR count). The molecule has 2 aliphatic heterocycles. The second-order valence-electron chi connectivity index (χ2n) is 4.99. The fourth-order valence-electron chi connectivity index (χ4n) is 2.93. The van der Waals surface area contributed by atoms with Crippen molar-refractivity contribution in [2.45, 2.75) is 70.9 Å². The Morgan fingerprint density at radius 3 is 2.50 bits per heavy atom. The van der Waals surface area contributed by atoms with Gasteiger partial charge < -0.3 is 9.47 Å². The Hall–Kier alpha value is -0.810. The van der Waals surface area contributed by atoms with Crippen molar-refractivity contribution in [3.8, 4) is 0 Å². The van der Waals surface area contributed by atoms with Gasteiger partial charge in [0, 0.05) is 0 Å². The lowest BCUT2D eigenvalue weighted by Gasteiger charge is -2.29. The molecule has 2 saturated heterocycles. The smallest absolute Gasteiger partial charge is 0.424 e. The normalized spacial score (nSPS) is 39.1. The predicted octanol–water partition coefficient (Wildman–Crippen LogP) is 3.17. The fourth-order valence-corrected chi connectivity index (χ4v) is 2.93. The van der Waals surface area contributed by atoms with Gasteiger partial charge in [0.1, 0.15) is 6.10 Å². The van der Waals surface area contributed by atoms with Crippen LogP contribution >= 0.6 is 0 Å². The summed E-state index contributed by atoms with van der Waals surface area (Å²) in [5, 5.41) is 0. The highest BCUT2D eigenvalue weighted by atomic mass is 17.3. The third-order valence-electron chi connectivity index (χ3n) is 3.74. The Morgan fingerprint density at radius 1 is 1.17 bits per heavy atom. The molecular weight excluding hydrogens is 236 g/mol. The molecule has 0 amide bonds. The van der Waals surface area contributed by atoms with Crippen LogP contribution in [0.15, 0.2) is 0 Å². The van der Waals surface area contributed by atoms with Crippen LogP contribution in [0.4, 0.5) is 4.79 Å². The van der Waals surface area contributed by atoms with Crippen molar-refractivity contribution in [1.29, 1.82) is 0 Å². The van der Waals surface area contributed by atoms with E-state index < -0.39 is 11.9 Å². The lowest BCUT2D eigenvalue weighted by molar-refractivity contribution is -0.379. The first-order chi connectivity index (χ1) is 8.67. The molecule has 0 aromatic rings. The molecule has 4 unspecified atom stereocenters. The van der Waals surface area contributed by atoms with Crippen molar-refractivity contribution in [2.75, 3.05) is 0 Å². The molecule has 0 aromatic carbocycles. The Kier molecular flexibility index (Phi) is 4.12. The minimum absolute atomic E-state index is 0.0153. The van der Waals surface area contributed by atoms with Crippen LogP contribution in [0.5, 0.6) is 0 Å². The molecule has 4 atom stereocenters. The summed E-state index contributed by atoms with van der Waals surface area (Å²) in [6.45, 7) is 6.16. The van der Waals surface area contributed by atoms with Crippen LogP contribution in [0.2, 0.25) is 0 Å². The summed E-state index contributed by atoms with van der Waals surface area (Å²) >= 11 is 0. The number of ether oxygens (including phenoxy) is 2. The average molecular weight is 258 g/mol. The predicted molar refractivity (Wildman–Crippen MR) is 63.6 cm³/mol. The lowest BCUT2D eigenvalue weighted by atomic mass is 9.83. The molecule has 0 saturated carbocycles. The molecule has 1 spiro atoms. The van der Waals surface area contributed by atoms with Crippen molar-refractivity contribution < 1.29 is 24.0 Å². The van der Waals surface area contributed by atoms with E-state index in [1.807, 2.05) is 6.92 Å². The van der Waals surface area contributed by atoms with E-state index in [-0.39, 0.29) is 18.1 Å². The third kappa shape index (κ3) is 2.10. The highest BCUT2D eigenvalue weighted by molar-refractivity contribution is 5.63. The van der Waals surface area contributed by atoms with E-state index in [9.17, 15) is 4.79 Å². The maximum absolute atomic E-state index is 11.4. The van der Waals surface area contributed by atoms with Crippen molar-refractivity contribution in [1.82, 2.24) is 0 Å². The number of hydrogen-bond acceptors (Lipinski definition) is 5. The van der Waals surface area contributed by atoms with Crippen molar-refractivity contribution in [3.63, 3.8) is 0 Å². The summed E-state index contributed by atoms with van der Waals surface area (Å²) < 4.78 is 10.5. The molecule has 5 heteroatoms. The minimum Gasteiger partial charge on any atom is -0.424 e. The van der Waals surface area contributed by atoms with Crippen molar-refractivity contribution >= 4 is 6.16 Å². The van der Waals surface area contributed by atoms with Crippen LogP contribution in [0.3, 0.4) is 0 Å². The van der Waals surface area contributed by atoms with Crippen LogP contribution < -0.4 is 0 Å². The van der Waals surface area contributed by atoms with Crippen LogP contribution in [-0.4, -0.2) is 24.2 Å². The van der Waals surface area contributed by atoms with Crippen LogP contribution in [0, 0.1) is 5.92 Å². The molecule has 2 heterocycles. The van der Waals surface area contributed by atoms with Crippen LogP contribution in [0.25, 0.3) is 0 Å². The summed E-state index contributed by atoms with van der Waals surface area (Å²) in [6.07, 6.45) is 3.43. The molecule has 18 heavy (non-hydrogen) atoms. The average Bonchev–Trinajstić information content (AvgIpc) is 2.85. The van der Waals surface area contributed by atoms with Gasteiger partial charge in [-0.2, -0.15) is 4.89 Å². The zero-order chi connectivity index (χ0) is 13.2. The van der Waals surface area contributed by atoms with E-state index in [1.54, 1.807) is 0 Å². The van der Waals surface area contributed by atoms with E-state index in [0.717, 1.165) is 25.7 Å². The Labute approximate surface area is 108 Å². The molecule has 2 fully saturated rings. The number of cyclic esters (lactones) is 1. The summed E-state index contributed by atoms with van der Waals surface area (Å²) in [5.74, 6) is -0.972.